The first kappa shape index (κ1) is 15.3. The Morgan fingerprint density at radius 3 is 2.43 bits per heavy atom. The van der Waals surface area contributed by atoms with Crippen LogP contribution in [0.15, 0.2) is 24.3 Å². The molecule has 0 bridgehead atoms. The van der Waals surface area contributed by atoms with E-state index in [0.717, 1.165) is 0 Å². The van der Waals surface area contributed by atoms with Crippen molar-refractivity contribution in [2.75, 3.05) is 14.2 Å². The lowest BCUT2D eigenvalue weighted by Gasteiger charge is -2.12. The minimum atomic E-state index is -4.61. The van der Waals surface area contributed by atoms with E-state index in [0.29, 0.717) is 17.1 Å². The third kappa shape index (κ3) is 3.33. The molecule has 112 valence electrons. The van der Waals surface area contributed by atoms with E-state index in [1.807, 2.05) is 0 Å². The van der Waals surface area contributed by atoms with Gasteiger partial charge in [0, 0.05) is 11.6 Å². The summed E-state index contributed by atoms with van der Waals surface area (Å²) in [6.07, 6.45) is -4.61. The molecule has 4 nitrogen and oxygen atoms in total. The molecule has 1 heterocycles. The zero-order valence-corrected chi connectivity index (χ0v) is 11.9. The van der Waals surface area contributed by atoms with E-state index in [-0.39, 0.29) is 10.3 Å². The second-order valence-corrected chi connectivity index (χ2v) is 4.46. The van der Waals surface area contributed by atoms with Gasteiger partial charge in [0.25, 0.3) is 0 Å². The standard InChI is InChI=1S/C13H11F3N2O2S/c1-19-7-3-4-8(10(5-7)20-2)9-6-11(21)18-12(17-9)13(14,15)16/h3-6H,1-2H3,(H,17,18,21). The molecule has 8 heteroatoms. The molecular weight excluding hydrogens is 305 g/mol. The molecule has 0 aliphatic rings. The number of aromatic amines is 1. The largest absolute Gasteiger partial charge is 0.497 e. The third-order valence-electron chi connectivity index (χ3n) is 2.71. The van der Waals surface area contributed by atoms with Gasteiger partial charge in [0.1, 0.15) is 16.1 Å². The fraction of sp³-hybridized carbons (Fsp3) is 0.231. The van der Waals surface area contributed by atoms with Gasteiger partial charge in [-0.3, -0.25) is 0 Å². The Morgan fingerprint density at radius 2 is 1.86 bits per heavy atom. The van der Waals surface area contributed by atoms with E-state index in [9.17, 15) is 13.2 Å². The maximum Gasteiger partial charge on any atom is 0.449 e. The summed E-state index contributed by atoms with van der Waals surface area (Å²) in [5, 5.41) is 0. The Bertz CT molecular complexity index is 713. The van der Waals surface area contributed by atoms with Gasteiger partial charge in [0.2, 0.25) is 5.82 Å². The van der Waals surface area contributed by atoms with Crippen LogP contribution in [0.2, 0.25) is 0 Å². The molecule has 21 heavy (non-hydrogen) atoms. The van der Waals surface area contributed by atoms with Crippen molar-refractivity contribution in [3.8, 4) is 22.8 Å². The summed E-state index contributed by atoms with van der Waals surface area (Å²) in [6.45, 7) is 0. The van der Waals surface area contributed by atoms with Crippen molar-refractivity contribution in [3.05, 3.63) is 34.7 Å². The summed E-state index contributed by atoms with van der Waals surface area (Å²) in [7, 11) is 2.90. The van der Waals surface area contributed by atoms with Crippen LogP contribution in [0.25, 0.3) is 11.3 Å². The number of alkyl halides is 3. The first-order valence-corrected chi connectivity index (χ1v) is 6.17. The molecule has 1 aromatic heterocycles. The highest BCUT2D eigenvalue weighted by Crippen LogP contribution is 2.34. The van der Waals surface area contributed by atoms with Crippen LogP contribution in [0.3, 0.4) is 0 Å². The number of methoxy groups -OCH3 is 2. The zero-order chi connectivity index (χ0) is 15.6. The fourth-order valence-electron chi connectivity index (χ4n) is 1.76. The molecule has 0 atom stereocenters. The Morgan fingerprint density at radius 1 is 1.14 bits per heavy atom. The number of nitrogens with one attached hydrogen (secondary N) is 1. The second-order valence-electron chi connectivity index (χ2n) is 4.05. The van der Waals surface area contributed by atoms with Gasteiger partial charge in [-0.15, -0.1) is 0 Å². The number of hydrogen-bond acceptors (Lipinski definition) is 4. The number of H-pyrrole nitrogens is 1. The van der Waals surface area contributed by atoms with Gasteiger partial charge in [0.15, 0.2) is 0 Å². The van der Waals surface area contributed by atoms with Crippen LogP contribution >= 0.6 is 12.2 Å². The van der Waals surface area contributed by atoms with Crippen molar-refractivity contribution in [2.45, 2.75) is 6.18 Å². The van der Waals surface area contributed by atoms with Crippen molar-refractivity contribution < 1.29 is 22.6 Å². The van der Waals surface area contributed by atoms with Crippen LogP contribution in [0.4, 0.5) is 13.2 Å². The number of hydrogen-bond donors (Lipinski definition) is 1. The van der Waals surface area contributed by atoms with E-state index >= 15 is 0 Å². The van der Waals surface area contributed by atoms with Crippen molar-refractivity contribution >= 4 is 12.2 Å². The molecule has 0 unspecified atom stereocenters. The van der Waals surface area contributed by atoms with E-state index in [1.54, 1.807) is 18.2 Å². The number of nitrogens with zero attached hydrogens (tertiary/aromatic N) is 1. The number of halogens is 3. The summed E-state index contributed by atoms with van der Waals surface area (Å²) in [6, 6.07) is 6.11. The highest BCUT2D eigenvalue weighted by molar-refractivity contribution is 7.71. The lowest BCUT2D eigenvalue weighted by atomic mass is 10.1. The van der Waals surface area contributed by atoms with E-state index < -0.39 is 12.0 Å². The third-order valence-corrected chi connectivity index (χ3v) is 2.92. The Balaban J connectivity index is 2.62. The molecular formula is C13H11F3N2O2S. The highest BCUT2D eigenvalue weighted by Gasteiger charge is 2.34. The van der Waals surface area contributed by atoms with Gasteiger partial charge in [0.05, 0.1) is 19.9 Å². The average molecular weight is 316 g/mol. The van der Waals surface area contributed by atoms with E-state index in [4.69, 9.17) is 21.7 Å². The average Bonchev–Trinajstić information content (AvgIpc) is 2.45. The maximum atomic E-state index is 12.8. The summed E-state index contributed by atoms with van der Waals surface area (Å²) < 4.78 is 48.4. The normalized spacial score (nSPS) is 11.3. The van der Waals surface area contributed by atoms with Gasteiger partial charge < -0.3 is 14.5 Å². The monoisotopic (exact) mass is 316 g/mol. The van der Waals surface area contributed by atoms with Crippen LogP contribution < -0.4 is 9.47 Å². The van der Waals surface area contributed by atoms with Crippen molar-refractivity contribution in [2.24, 2.45) is 0 Å². The maximum absolute atomic E-state index is 12.8. The summed E-state index contributed by atoms with van der Waals surface area (Å²) in [4.78, 5) is 5.52. The first-order chi connectivity index (χ1) is 9.85. The van der Waals surface area contributed by atoms with Crippen molar-refractivity contribution in [3.63, 3.8) is 0 Å². The minimum Gasteiger partial charge on any atom is -0.497 e. The first-order valence-electron chi connectivity index (χ1n) is 5.76. The molecule has 0 saturated heterocycles. The molecule has 1 aromatic carbocycles. The Kier molecular flexibility index (Phi) is 4.17. The smallest absolute Gasteiger partial charge is 0.449 e. The lowest BCUT2D eigenvalue weighted by molar-refractivity contribution is -0.145. The van der Waals surface area contributed by atoms with Crippen LogP contribution in [0.5, 0.6) is 11.5 Å². The number of ether oxygens (including phenoxy) is 2. The fourth-order valence-corrected chi connectivity index (χ4v) is 1.97. The summed E-state index contributed by atoms with van der Waals surface area (Å²) in [5.74, 6) is -0.263. The molecule has 1 N–H and O–H groups in total. The number of aromatic nitrogens is 2. The zero-order valence-electron chi connectivity index (χ0n) is 11.1. The molecule has 2 rings (SSSR count). The molecule has 0 radical (unpaired) electrons. The Labute approximate surface area is 123 Å². The van der Waals surface area contributed by atoms with Crippen LogP contribution in [-0.4, -0.2) is 24.2 Å². The number of rotatable bonds is 3. The lowest BCUT2D eigenvalue weighted by Crippen LogP contribution is -2.11. The number of benzene rings is 1. The van der Waals surface area contributed by atoms with Crippen LogP contribution in [0.1, 0.15) is 5.82 Å². The second kappa shape index (κ2) is 5.72. The van der Waals surface area contributed by atoms with Crippen LogP contribution in [0, 0.1) is 4.64 Å². The van der Waals surface area contributed by atoms with E-state index in [1.165, 1.54) is 20.3 Å². The SMILES string of the molecule is COc1ccc(-c2cc(=S)nc(C(F)(F)F)[nH]2)c(OC)c1. The minimum absolute atomic E-state index is 0.158. The van der Waals surface area contributed by atoms with Crippen molar-refractivity contribution in [1.82, 2.24) is 9.97 Å². The van der Waals surface area contributed by atoms with Gasteiger partial charge >= 0.3 is 6.18 Å². The topological polar surface area (TPSA) is 47.1 Å². The predicted octanol–water partition coefficient (Wildman–Crippen LogP) is 3.84. The Hall–Kier alpha value is -2.09. The summed E-state index contributed by atoms with van der Waals surface area (Å²) >= 11 is 4.79. The molecule has 0 fully saturated rings. The molecule has 0 aliphatic carbocycles. The summed E-state index contributed by atoms with van der Waals surface area (Å²) in [5.41, 5.74) is 0.596. The molecule has 0 spiro atoms. The van der Waals surface area contributed by atoms with Crippen LogP contribution in [-0.2, 0) is 6.18 Å². The highest BCUT2D eigenvalue weighted by atomic mass is 32.1. The molecule has 2 aromatic rings. The van der Waals surface area contributed by atoms with Gasteiger partial charge in [-0.1, -0.05) is 12.2 Å². The molecule has 0 saturated carbocycles. The molecule has 0 amide bonds. The van der Waals surface area contributed by atoms with Gasteiger partial charge in [-0.25, -0.2) is 4.98 Å². The van der Waals surface area contributed by atoms with Gasteiger partial charge in [-0.05, 0) is 18.2 Å². The quantitative estimate of drug-likeness (QED) is 0.874. The predicted molar refractivity (Wildman–Crippen MR) is 73.0 cm³/mol. The molecule has 0 aliphatic heterocycles. The van der Waals surface area contributed by atoms with Gasteiger partial charge in [-0.2, -0.15) is 13.2 Å². The van der Waals surface area contributed by atoms with E-state index in [2.05, 4.69) is 9.97 Å². The van der Waals surface area contributed by atoms with Crippen molar-refractivity contribution in [1.29, 1.82) is 0 Å².